The lowest BCUT2D eigenvalue weighted by atomic mass is 9.74. The number of rotatable bonds is 6. The Bertz CT molecular complexity index is 299. The predicted molar refractivity (Wildman–Crippen MR) is 82.4 cm³/mol. The standard InChI is InChI=1S/C16H30N2O2/c1-2-3-4-5-6-16(7-11-19-12-8-16)15-17-9-13-20-14-10-18-15/h2-14H2,1H3,(H,17,18). The molecule has 0 aromatic rings. The van der Waals surface area contributed by atoms with Gasteiger partial charge in [-0.2, -0.15) is 0 Å². The number of nitrogens with one attached hydrogen (secondary N) is 1. The molecule has 1 N–H and O–H groups in total. The minimum Gasteiger partial charge on any atom is -0.381 e. The van der Waals surface area contributed by atoms with Crippen molar-refractivity contribution in [2.45, 2.75) is 51.9 Å². The van der Waals surface area contributed by atoms with Gasteiger partial charge in [-0.3, -0.25) is 4.99 Å². The maximum Gasteiger partial charge on any atom is 0.103 e. The van der Waals surface area contributed by atoms with E-state index in [1.165, 1.54) is 37.9 Å². The van der Waals surface area contributed by atoms with Gasteiger partial charge in [0.2, 0.25) is 0 Å². The molecule has 0 aromatic carbocycles. The van der Waals surface area contributed by atoms with Crippen LogP contribution in [-0.2, 0) is 9.47 Å². The summed E-state index contributed by atoms with van der Waals surface area (Å²) in [4.78, 5) is 4.80. The molecule has 0 radical (unpaired) electrons. The van der Waals surface area contributed by atoms with E-state index in [1.54, 1.807) is 0 Å². The van der Waals surface area contributed by atoms with Crippen LogP contribution in [0.1, 0.15) is 51.9 Å². The Morgan fingerprint density at radius 2 is 1.85 bits per heavy atom. The lowest BCUT2D eigenvalue weighted by Crippen LogP contribution is -2.46. The molecule has 116 valence electrons. The Morgan fingerprint density at radius 1 is 1.05 bits per heavy atom. The van der Waals surface area contributed by atoms with Crippen molar-refractivity contribution in [1.29, 1.82) is 0 Å². The normalized spacial score (nSPS) is 23.4. The van der Waals surface area contributed by atoms with Crippen LogP contribution in [0, 0.1) is 5.41 Å². The van der Waals surface area contributed by atoms with E-state index in [-0.39, 0.29) is 5.41 Å². The van der Waals surface area contributed by atoms with E-state index < -0.39 is 0 Å². The Morgan fingerprint density at radius 3 is 2.65 bits per heavy atom. The van der Waals surface area contributed by atoms with Gasteiger partial charge in [0.15, 0.2) is 0 Å². The summed E-state index contributed by atoms with van der Waals surface area (Å²) in [6.07, 6.45) is 8.79. The molecule has 0 atom stereocenters. The maximum absolute atomic E-state index is 5.59. The third-order valence-electron chi connectivity index (χ3n) is 4.51. The third-order valence-corrected chi connectivity index (χ3v) is 4.51. The smallest absolute Gasteiger partial charge is 0.103 e. The van der Waals surface area contributed by atoms with Gasteiger partial charge in [0.1, 0.15) is 5.84 Å². The Hall–Kier alpha value is -0.610. The fraction of sp³-hybridized carbons (Fsp3) is 0.938. The Balaban J connectivity index is 2.00. The van der Waals surface area contributed by atoms with Gasteiger partial charge in [-0.05, 0) is 19.3 Å². The van der Waals surface area contributed by atoms with Crippen LogP contribution in [0.4, 0.5) is 0 Å². The van der Waals surface area contributed by atoms with Crippen LogP contribution in [0.3, 0.4) is 0 Å². The van der Waals surface area contributed by atoms with Crippen LogP contribution in [0.2, 0.25) is 0 Å². The van der Waals surface area contributed by atoms with Crippen LogP contribution in [0.5, 0.6) is 0 Å². The molecule has 0 aromatic heterocycles. The van der Waals surface area contributed by atoms with Gasteiger partial charge in [0.25, 0.3) is 0 Å². The van der Waals surface area contributed by atoms with Gasteiger partial charge in [0, 0.05) is 25.2 Å². The zero-order valence-electron chi connectivity index (χ0n) is 13.0. The first kappa shape index (κ1) is 15.8. The summed E-state index contributed by atoms with van der Waals surface area (Å²) in [6, 6.07) is 0. The van der Waals surface area contributed by atoms with Crippen molar-refractivity contribution in [3.8, 4) is 0 Å². The van der Waals surface area contributed by atoms with Crippen LogP contribution < -0.4 is 5.32 Å². The van der Waals surface area contributed by atoms with Crippen molar-refractivity contribution < 1.29 is 9.47 Å². The molecule has 2 aliphatic heterocycles. The average molecular weight is 282 g/mol. The highest BCUT2D eigenvalue weighted by molar-refractivity contribution is 5.88. The largest absolute Gasteiger partial charge is 0.381 e. The second kappa shape index (κ2) is 8.63. The summed E-state index contributed by atoms with van der Waals surface area (Å²) in [6.45, 7) is 7.26. The first-order chi connectivity index (χ1) is 9.87. The summed E-state index contributed by atoms with van der Waals surface area (Å²) >= 11 is 0. The minimum atomic E-state index is 0.239. The number of nitrogens with zero attached hydrogens (tertiary/aromatic N) is 1. The molecule has 4 nitrogen and oxygen atoms in total. The van der Waals surface area contributed by atoms with Crippen molar-refractivity contribution in [2.24, 2.45) is 10.4 Å². The number of amidine groups is 1. The molecule has 0 bridgehead atoms. The number of hydrogen-bond acceptors (Lipinski definition) is 4. The van der Waals surface area contributed by atoms with Crippen molar-refractivity contribution in [3.63, 3.8) is 0 Å². The molecule has 0 amide bonds. The lowest BCUT2D eigenvalue weighted by molar-refractivity contribution is 0.0387. The fourth-order valence-electron chi connectivity index (χ4n) is 3.23. The molecule has 1 saturated heterocycles. The molecule has 0 unspecified atom stereocenters. The summed E-state index contributed by atoms with van der Waals surface area (Å²) in [7, 11) is 0. The van der Waals surface area contributed by atoms with Crippen molar-refractivity contribution in [2.75, 3.05) is 39.5 Å². The van der Waals surface area contributed by atoms with Gasteiger partial charge in [-0.1, -0.05) is 32.6 Å². The number of ether oxygens (including phenoxy) is 2. The van der Waals surface area contributed by atoms with Crippen LogP contribution in [0.15, 0.2) is 4.99 Å². The highest BCUT2D eigenvalue weighted by atomic mass is 16.5. The molecular weight excluding hydrogens is 252 g/mol. The van der Waals surface area contributed by atoms with Crippen LogP contribution >= 0.6 is 0 Å². The highest BCUT2D eigenvalue weighted by Gasteiger charge is 2.37. The van der Waals surface area contributed by atoms with E-state index in [4.69, 9.17) is 14.5 Å². The Kier molecular flexibility index (Phi) is 6.80. The van der Waals surface area contributed by atoms with E-state index in [0.717, 1.165) is 52.4 Å². The number of aliphatic imine (C=N–C) groups is 1. The van der Waals surface area contributed by atoms with Crippen LogP contribution in [0.25, 0.3) is 0 Å². The minimum absolute atomic E-state index is 0.239. The molecule has 1 fully saturated rings. The molecule has 0 aliphatic carbocycles. The fourth-order valence-corrected chi connectivity index (χ4v) is 3.23. The van der Waals surface area contributed by atoms with Gasteiger partial charge < -0.3 is 14.8 Å². The summed E-state index contributed by atoms with van der Waals surface area (Å²) in [5, 5.41) is 3.54. The molecular formula is C16H30N2O2. The molecule has 4 heteroatoms. The first-order valence-corrected chi connectivity index (χ1v) is 8.32. The first-order valence-electron chi connectivity index (χ1n) is 8.32. The summed E-state index contributed by atoms with van der Waals surface area (Å²) < 4.78 is 11.1. The molecule has 2 rings (SSSR count). The van der Waals surface area contributed by atoms with Crippen molar-refractivity contribution in [3.05, 3.63) is 0 Å². The second-order valence-corrected chi connectivity index (χ2v) is 5.97. The zero-order valence-corrected chi connectivity index (χ0v) is 13.0. The van der Waals surface area contributed by atoms with Gasteiger partial charge >= 0.3 is 0 Å². The summed E-state index contributed by atoms with van der Waals surface area (Å²) in [5.41, 5.74) is 0.239. The zero-order chi connectivity index (χ0) is 14.1. The van der Waals surface area contributed by atoms with E-state index in [2.05, 4.69) is 12.2 Å². The van der Waals surface area contributed by atoms with E-state index >= 15 is 0 Å². The maximum atomic E-state index is 5.59. The van der Waals surface area contributed by atoms with Crippen LogP contribution in [-0.4, -0.2) is 45.4 Å². The monoisotopic (exact) mass is 282 g/mol. The molecule has 2 heterocycles. The quantitative estimate of drug-likeness (QED) is 0.762. The summed E-state index contributed by atoms with van der Waals surface area (Å²) in [5.74, 6) is 1.24. The lowest BCUT2D eigenvalue weighted by Gasteiger charge is -2.39. The molecule has 2 aliphatic rings. The molecule has 20 heavy (non-hydrogen) atoms. The Labute approximate surface area is 123 Å². The molecule has 0 saturated carbocycles. The van der Waals surface area contributed by atoms with E-state index in [0.29, 0.717) is 0 Å². The van der Waals surface area contributed by atoms with E-state index in [1.807, 2.05) is 0 Å². The SMILES string of the molecule is CCCCCCC1(C2=NCCOCCN2)CCOCC1. The van der Waals surface area contributed by atoms with Gasteiger partial charge in [-0.15, -0.1) is 0 Å². The van der Waals surface area contributed by atoms with E-state index in [9.17, 15) is 0 Å². The third kappa shape index (κ3) is 4.45. The average Bonchev–Trinajstić information content (AvgIpc) is 2.44. The van der Waals surface area contributed by atoms with Gasteiger partial charge in [0.05, 0.1) is 19.8 Å². The topological polar surface area (TPSA) is 42.8 Å². The number of hydrogen-bond donors (Lipinski definition) is 1. The number of unbranched alkanes of at least 4 members (excludes halogenated alkanes) is 3. The van der Waals surface area contributed by atoms with Crippen molar-refractivity contribution >= 4 is 5.84 Å². The van der Waals surface area contributed by atoms with Gasteiger partial charge in [-0.25, -0.2) is 0 Å². The second-order valence-electron chi connectivity index (χ2n) is 5.97. The van der Waals surface area contributed by atoms with Crippen molar-refractivity contribution in [1.82, 2.24) is 5.32 Å². The predicted octanol–water partition coefficient (Wildman–Crippen LogP) is 2.77. The molecule has 0 spiro atoms. The highest BCUT2D eigenvalue weighted by Crippen LogP contribution is 2.37.